The molecule has 0 atom stereocenters. The number of pyridine rings is 1. The highest BCUT2D eigenvalue weighted by Crippen LogP contribution is 2.18. The van der Waals surface area contributed by atoms with Crippen LogP contribution in [0, 0.1) is 6.92 Å². The van der Waals surface area contributed by atoms with Gasteiger partial charge in [-0.25, -0.2) is 8.42 Å². The molecule has 0 bridgehead atoms. The summed E-state index contributed by atoms with van der Waals surface area (Å²) >= 11 is 0. The summed E-state index contributed by atoms with van der Waals surface area (Å²) in [6.45, 7) is 2.24. The zero-order valence-electron chi connectivity index (χ0n) is 11.9. The molecule has 0 aliphatic carbocycles. The van der Waals surface area contributed by atoms with Gasteiger partial charge in [-0.3, -0.25) is 9.71 Å². The highest BCUT2D eigenvalue weighted by atomic mass is 32.2. The van der Waals surface area contributed by atoms with E-state index in [0.717, 1.165) is 16.7 Å². The summed E-state index contributed by atoms with van der Waals surface area (Å²) in [7, 11) is -3.39. The fourth-order valence-electron chi connectivity index (χ4n) is 1.93. The highest BCUT2D eigenvalue weighted by molar-refractivity contribution is 7.92. The number of anilines is 1. The van der Waals surface area contributed by atoms with Gasteiger partial charge in [0.05, 0.1) is 11.4 Å². The van der Waals surface area contributed by atoms with Crippen LogP contribution in [0.25, 0.3) is 0 Å². The molecule has 1 heterocycles. The van der Waals surface area contributed by atoms with E-state index in [-0.39, 0.29) is 5.75 Å². The van der Waals surface area contributed by atoms with Crippen molar-refractivity contribution in [1.82, 2.24) is 4.98 Å². The number of nitrogens with zero attached hydrogens (tertiary/aromatic N) is 1. The lowest BCUT2D eigenvalue weighted by atomic mass is 10.1. The number of nitrogens with one attached hydrogen (secondary N) is 1. The number of rotatable bonds is 6. The minimum atomic E-state index is -3.39. The van der Waals surface area contributed by atoms with E-state index >= 15 is 0 Å². The monoisotopic (exact) mass is 305 g/mol. The van der Waals surface area contributed by atoms with Crippen LogP contribution >= 0.6 is 0 Å². The molecule has 2 rings (SSSR count). The van der Waals surface area contributed by atoms with E-state index in [1.165, 1.54) is 0 Å². The molecule has 5 nitrogen and oxygen atoms in total. The second kappa shape index (κ2) is 6.69. The second-order valence-corrected chi connectivity index (χ2v) is 6.72. The molecule has 112 valence electrons. The first kappa shape index (κ1) is 15.5. The van der Waals surface area contributed by atoms with Crippen LogP contribution in [0.5, 0.6) is 0 Å². The van der Waals surface area contributed by atoms with Crippen LogP contribution in [0.2, 0.25) is 0 Å². The van der Waals surface area contributed by atoms with Crippen molar-refractivity contribution >= 4 is 15.7 Å². The number of benzene rings is 1. The van der Waals surface area contributed by atoms with Gasteiger partial charge in [0.15, 0.2) is 0 Å². The Kier molecular flexibility index (Phi) is 4.93. The van der Waals surface area contributed by atoms with Gasteiger partial charge in [0.2, 0.25) is 10.0 Å². The second-order valence-electron chi connectivity index (χ2n) is 4.88. The summed E-state index contributed by atoms with van der Waals surface area (Å²) in [6, 6.07) is 9.16. The van der Waals surface area contributed by atoms with Gasteiger partial charge in [0.25, 0.3) is 0 Å². The van der Waals surface area contributed by atoms with Crippen LogP contribution in [0.4, 0.5) is 5.69 Å². The van der Waals surface area contributed by atoms with E-state index in [1.54, 1.807) is 18.5 Å². The lowest BCUT2D eigenvalue weighted by Gasteiger charge is -2.12. The molecule has 0 aliphatic heterocycles. The predicted molar refractivity (Wildman–Crippen MR) is 84.4 cm³/mol. The van der Waals surface area contributed by atoms with Crippen molar-refractivity contribution in [2.75, 3.05) is 10.5 Å². The Morgan fingerprint density at radius 2 is 1.86 bits per heavy atom. The minimum absolute atomic E-state index is 0.0311. The van der Waals surface area contributed by atoms with Gasteiger partial charge in [0.1, 0.15) is 0 Å². The molecule has 1 aromatic carbocycles. The Morgan fingerprint density at radius 1 is 1.14 bits per heavy atom. The molecule has 21 heavy (non-hydrogen) atoms. The average molecular weight is 305 g/mol. The maximum atomic E-state index is 12.2. The number of hydrogen-bond donors (Lipinski definition) is 2. The number of sulfonamides is 1. The summed E-state index contributed by atoms with van der Waals surface area (Å²) in [5, 5.41) is 0. The molecular formula is C15H19N3O2S. The average Bonchev–Trinajstić information content (AvgIpc) is 2.48. The van der Waals surface area contributed by atoms with E-state index in [0.29, 0.717) is 18.7 Å². The van der Waals surface area contributed by atoms with E-state index in [4.69, 9.17) is 5.73 Å². The van der Waals surface area contributed by atoms with Crippen molar-refractivity contribution in [2.45, 2.75) is 19.9 Å². The molecule has 0 saturated heterocycles. The quantitative estimate of drug-likeness (QED) is 0.852. The van der Waals surface area contributed by atoms with Crippen LogP contribution in [0.1, 0.15) is 16.7 Å². The van der Waals surface area contributed by atoms with E-state index in [9.17, 15) is 8.42 Å². The van der Waals surface area contributed by atoms with Gasteiger partial charge >= 0.3 is 0 Å². The largest absolute Gasteiger partial charge is 0.326 e. The molecule has 1 aromatic heterocycles. The third-order valence-electron chi connectivity index (χ3n) is 3.21. The molecule has 0 unspecified atom stereocenters. The van der Waals surface area contributed by atoms with Gasteiger partial charge in [0, 0.05) is 18.9 Å². The zero-order chi connectivity index (χ0) is 15.3. The number of nitrogens with two attached hydrogens (primary N) is 1. The van der Waals surface area contributed by atoms with Gasteiger partial charge in [-0.1, -0.05) is 12.1 Å². The minimum Gasteiger partial charge on any atom is -0.326 e. The molecule has 2 aromatic rings. The summed E-state index contributed by atoms with van der Waals surface area (Å²) < 4.78 is 27.0. The highest BCUT2D eigenvalue weighted by Gasteiger charge is 2.12. The molecule has 0 spiro atoms. The third kappa shape index (κ3) is 4.54. The van der Waals surface area contributed by atoms with Gasteiger partial charge in [-0.05, 0) is 48.2 Å². The van der Waals surface area contributed by atoms with E-state index in [2.05, 4.69) is 9.71 Å². The molecule has 0 fully saturated rings. The van der Waals surface area contributed by atoms with Crippen molar-refractivity contribution in [3.8, 4) is 0 Å². The first-order valence-corrected chi connectivity index (χ1v) is 8.34. The van der Waals surface area contributed by atoms with Crippen molar-refractivity contribution in [2.24, 2.45) is 5.73 Å². The topological polar surface area (TPSA) is 85.1 Å². The van der Waals surface area contributed by atoms with Crippen molar-refractivity contribution in [3.05, 3.63) is 59.4 Å². The zero-order valence-corrected chi connectivity index (χ0v) is 12.7. The van der Waals surface area contributed by atoms with Crippen molar-refractivity contribution in [1.29, 1.82) is 0 Å². The maximum Gasteiger partial charge on any atom is 0.233 e. The lowest BCUT2D eigenvalue weighted by molar-refractivity contribution is 0.600. The standard InChI is InChI=1S/C15H19N3O2S/c1-12-2-3-14(11-16)10-15(12)18-21(19,20)9-6-13-4-7-17-8-5-13/h2-5,7-8,10,18H,6,9,11,16H2,1H3. The maximum absolute atomic E-state index is 12.2. The Hall–Kier alpha value is -1.92. The normalized spacial score (nSPS) is 11.3. The molecule has 3 N–H and O–H groups in total. The summed E-state index contributed by atoms with van der Waals surface area (Å²) in [5.41, 5.74) is 8.89. The Balaban J connectivity index is 2.07. The van der Waals surface area contributed by atoms with E-state index in [1.807, 2.05) is 31.2 Å². The summed E-state index contributed by atoms with van der Waals surface area (Å²) in [5.74, 6) is 0.0311. The van der Waals surface area contributed by atoms with Crippen LogP contribution in [-0.2, 0) is 23.0 Å². The number of aromatic nitrogens is 1. The van der Waals surface area contributed by atoms with Crippen molar-refractivity contribution in [3.63, 3.8) is 0 Å². The van der Waals surface area contributed by atoms with Crippen LogP contribution < -0.4 is 10.5 Å². The molecule has 0 aliphatic rings. The third-order valence-corrected chi connectivity index (χ3v) is 4.48. The first-order chi connectivity index (χ1) is 10.00. The first-order valence-electron chi connectivity index (χ1n) is 6.69. The lowest BCUT2D eigenvalue weighted by Crippen LogP contribution is -2.19. The fraction of sp³-hybridized carbons (Fsp3) is 0.267. The fourth-order valence-corrected chi connectivity index (χ4v) is 3.09. The van der Waals surface area contributed by atoms with Gasteiger partial charge in [-0.15, -0.1) is 0 Å². The molecule has 0 radical (unpaired) electrons. The predicted octanol–water partition coefficient (Wildman–Crippen LogP) is 1.83. The number of hydrogen-bond acceptors (Lipinski definition) is 4. The molecular weight excluding hydrogens is 286 g/mol. The summed E-state index contributed by atoms with van der Waals surface area (Å²) in [6.07, 6.45) is 3.77. The van der Waals surface area contributed by atoms with Gasteiger partial charge in [-0.2, -0.15) is 0 Å². The number of aryl methyl sites for hydroxylation is 2. The SMILES string of the molecule is Cc1ccc(CN)cc1NS(=O)(=O)CCc1ccncc1. The Labute approximate surface area is 125 Å². The van der Waals surface area contributed by atoms with Crippen LogP contribution in [-0.4, -0.2) is 19.2 Å². The molecule has 0 saturated carbocycles. The van der Waals surface area contributed by atoms with Gasteiger partial charge < -0.3 is 5.73 Å². The molecule has 6 heteroatoms. The Bertz CT molecular complexity index is 700. The molecule has 0 amide bonds. The Morgan fingerprint density at radius 3 is 2.52 bits per heavy atom. The smallest absolute Gasteiger partial charge is 0.233 e. The van der Waals surface area contributed by atoms with E-state index < -0.39 is 10.0 Å². The summed E-state index contributed by atoms with van der Waals surface area (Å²) in [4.78, 5) is 3.91. The van der Waals surface area contributed by atoms with Crippen molar-refractivity contribution < 1.29 is 8.42 Å². The van der Waals surface area contributed by atoms with Crippen LogP contribution in [0.15, 0.2) is 42.7 Å². The van der Waals surface area contributed by atoms with Crippen LogP contribution in [0.3, 0.4) is 0 Å².